The van der Waals surface area contributed by atoms with Crippen molar-refractivity contribution >= 4 is 5.69 Å². The van der Waals surface area contributed by atoms with E-state index in [-0.39, 0.29) is 0 Å². The molecule has 0 N–H and O–H groups in total. The fourth-order valence-corrected chi connectivity index (χ4v) is 1.70. The molecular weight excluding hydrogens is 186 g/mol. The Bertz CT molecular complexity index is 457. The molecule has 0 atom stereocenters. The molecule has 15 heavy (non-hydrogen) atoms. The predicted molar refractivity (Wildman–Crippen MR) is 63.0 cm³/mol. The van der Waals surface area contributed by atoms with E-state index in [1.807, 2.05) is 24.1 Å². The summed E-state index contributed by atoms with van der Waals surface area (Å²) < 4.78 is 2.03. The van der Waals surface area contributed by atoms with Crippen LogP contribution in [-0.2, 0) is 7.05 Å². The third-order valence-corrected chi connectivity index (χ3v) is 2.48. The molecule has 0 spiro atoms. The van der Waals surface area contributed by atoms with Crippen molar-refractivity contribution < 1.29 is 0 Å². The zero-order valence-corrected chi connectivity index (χ0v) is 9.31. The van der Waals surface area contributed by atoms with Gasteiger partial charge in [-0.1, -0.05) is 18.2 Å². The summed E-state index contributed by atoms with van der Waals surface area (Å²) in [4.78, 5) is 6.26. The minimum absolute atomic E-state index is 1.14. The normalized spacial score (nSPS) is 10.3. The van der Waals surface area contributed by atoms with Crippen LogP contribution in [-0.4, -0.2) is 23.6 Å². The molecule has 0 saturated carbocycles. The van der Waals surface area contributed by atoms with Crippen LogP contribution in [0, 0.1) is 0 Å². The van der Waals surface area contributed by atoms with Crippen LogP contribution in [0.2, 0.25) is 0 Å². The minimum Gasteiger partial charge on any atom is -0.377 e. The van der Waals surface area contributed by atoms with Gasteiger partial charge in [0.1, 0.15) is 0 Å². The molecule has 0 aliphatic heterocycles. The highest BCUT2D eigenvalue weighted by Crippen LogP contribution is 2.28. The molecule has 3 heteroatoms. The lowest BCUT2D eigenvalue weighted by molar-refractivity contribution is 0.920. The van der Waals surface area contributed by atoms with Gasteiger partial charge in [-0.2, -0.15) is 0 Å². The standard InChI is InChI=1S/C12H15N3/c1-14(2)11-7-5-4-6-10(11)12-8-13-9-15(12)3/h4-9H,1-3H3. The van der Waals surface area contributed by atoms with Gasteiger partial charge in [0, 0.05) is 32.4 Å². The van der Waals surface area contributed by atoms with Crippen LogP contribution < -0.4 is 4.90 Å². The van der Waals surface area contributed by atoms with Gasteiger partial charge in [0.25, 0.3) is 0 Å². The molecule has 1 aromatic heterocycles. The van der Waals surface area contributed by atoms with Gasteiger partial charge in [-0.15, -0.1) is 0 Å². The maximum atomic E-state index is 4.14. The Morgan fingerprint density at radius 2 is 1.93 bits per heavy atom. The second-order valence-corrected chi connectivity index (χ2v) is 3.80. The van der Waals surface area contributed by atoms with E-state index in [0.717, 1.165) is 5.69 Å². The minimum atomic E-state index is 1.14. The number of hydrogen-bond acceptors (Lipinski definition) is 2. The summed E-state index contributed by atoms with van der Waals surface area (Å²) in [6.07, 6.45) is 3.71. The fourth-order valence-electron chi connectivity index (χ4n) is 1.70. The van der Waals surface area contributed by atoms with E-state index >= 15 is 0 Å². The first-order chi connectivity index (χ1) is 7.20. The van der Waals surface area contributed by atoms with E-state index in [9.17, 15) is 0 Å². The summed E-state index contributed by atoms with van der Waals surface area (Å²) in [5.41, 5.74) is 3.56. The van der Waals surface area contributed by atoms with Crippen LogP contribution in [0.15, 0.2) is 36.8 Å². The van der Waals surface area contributed by atoms with E-state index in [1.165, 1.54) is 11.3 Å². The van der Waals surface area contributed by atoms with Crippen LogP contribution in [0.5, 0.6) is 0 Å². The van der Waals surface area contributed by atoms with Gasteiger partial charge in [0.2, 0.25) is 0 Å². The van der Waals surface area contributed by atoms with Crippen LogP contribution >= 0.6 is 0 Å². The molecule has 2 aromatic rings. The van der Waals surface area contributed by atoms with Crippen LogP contribution in [0.25, 0.3) is 11.3 Å². The SMILES string of the molecule is CN(C)c1ccccc1-c1cncn1C. The third kappa shape index (κ3) is 1.73. The highest BCUT2D eigenvalue weighted by Gasteiger charge is 2.08. The van der Waals surface area contributed by atoms with Gasteiger partial charge in [-0.25, -0.2) is 4.98 Å². The zero-order valence-electron chi connectivity index (χ0n) is 9.31. The van der Waals surface area contributed by atoms with Gasteiger partial charge in [-0.05, 0) is 6.07 Å². The van der Waals surface area contributed by atoms with Crippen molar-refractivity contribution in [2.45, 2.75) is 0 Å². The number of imidazole rings is 1. The average molecular weight is 201 g/mol. The summed E-state index contributed by atoms with van der Waals surface area (Å²) >= 11 is 0. The molecule has 0 radical (unpaired) electrons. The lowest BCUT2D eigenvalue weighted by Gasteiger charge is -2.17. The summed E-state index contributed by atoms with van der Waals surface area (Å²) in [7, 11) is 6.11. The fraction of sp³-hybridized carbons (Fsp3) is 0.250. The number of anilines is 1. The van der Waals surface area contributed by atoms with Gasteiger partial charge in [0.15, 0.2) is 0 Å². The zero-order chi connectivity index (χ0) is 10.8. The first-order valence-electron chi connectivity index (χ1n) is 4.93. The number of aromatic nitrogens is 2. The van der Waals surface area contributed by atoms with Crippen molar-refractivity contribution in [1.82, 2.24) is 9.55 Å². The quantitative estimate of drug-likeness (QED) is 0.742. The van der Waals surface area contributed by atoms with Gasteiger partial charge in [0.05, 0.1) is 18.2 Å². The highest BCUT2D eigenvalue weighted by molar-refractivity contribution is 5.75. The molecule has 0 saturated heterocycles. The third-order valence-electron chi connectivity index (χ3n) is 2.48. The Hall–Kier alpha value is -1.77. The molecule has 0 aliphatic rings. The van der Waals surface area contributed by atoms with E-state index in [4.69, 9.17) is 0 Å². The van der Waals surface area contributed by atoms with E-state index < -0.39 is 0 Å². The Balaban J connectivity index is 2.58. The Morgan fingerprint density at radius 1 is 1.20 bits per heavy atom. The predicted octanol–water partition coefficient (Wildman–Crippen LogP) is 2.15. The maximum absolute atomic E-state index is 4.14. The number of nitrogens with zero attached hydrogens (tertiary/aromatic N) is 3. The lowest BCUT2D eigenvalue weighted by atomic mass is 10.1. The lowest BCUT2D eigenvalue weighted by Crippen LogP contribution is -2.10. The van der Waals surface area contributed by atoms with E-state index in [1.54, 1.807) is 0 Å². The molecule has 0 unspecified atom stereocenters. The summed E-state index contributed by atoms with van der Waals surface area (Å²) in [6.45, 7) is 0. The number of hydrogen-bond donors (Lipinski definition) is 0. The summed E-state index contributed by atoms with van der Waals surface area (Å²) in [5, 5.41) is 0. The van der Waals surface area contributed by atoms with Crippen molar-refractivity contribution in [3.63, 3.8) is 0 Å². The van der Waals surface area contributed by atoms with Crippen LogP contribution in [0.1, 0.15) is 0 Å². The van der Waals surface area contributed by atoms with Crippen molar-refractivity contribution in [1.29, 1.82) is 0 Å². The Labute approximate surface area is 90.0 Å². The second kappa shape index (κ2) is 3.77. The number of para-hydroxylation sites is 1. The second-order valence-electron chi connectivity index (χ2n) is 3.80. The monoisotopic (exact) mass is 201 g/mol. The number of aryl methyl sites for hydroxylation is 1. The van der Waals surface area contributed by atoms with Gasteiger partial charge >= 0.3 is 0 Å². The Kier molecular flexibility index (Phi) is 2.46. The van der Waals surface area contributed by atoms with Crippen molar-refractivity contribution in [2.75, 3.05) is 19.0 Å². The molecule has 3 nitrogen and oxygen atoms in total. The molecule has 0 aliphatic carbocycles. The first kappa shape index (κ1) is 9.77. The van der Waals surface area contributed by atoms with Crippen molar-refractivity contribution in [2.24, 2.45) is 7.05 Å². The smallest absolute Gasteiger partial charge is 0.0948 e. The van der Waals surface area contributed by atoms with Crippen LogP contribution in [0.4, 0.5) is 5.69 Å². The topological polar surface area (TPSA) is 21.1 Å². The molecule has 0 bridgehead atoms. The van der Waals surface area contributed by atoms with Crippen molar-refractivity contribution in [3.8, 4) is 11.3 Å². The summed E-state index contributed by atoms with van der Waals surface area (Å²) in [6, 6.07) is 8.33. The number of rotatable bonds is 2. The Morgan fingerprint density at radius 3 is 2.53 bits per heavy atom. The highest BCUT2D eigenvalue weighted by atomic mass is 15.1. The van der Waals surface area contributed by atoms with E-state index in [0.29, 0.717) is 0 Å². The molecule has 1 heterocycles. The molecule has 0 fully saturated rings. The number of benzene rings is 1. The molecular formula is C12H15N3. The summed E-state index contributed by atoms with van der Waals surface area (Å²) in [5.74, 6) is 0. The van der Waals surface area contributed by atoms with E-state index in [2.05, 4.69) is 48.2 Å². The van der Waals surface area contributed by atoms with Crippen LogP contribution in [0.3, 0.4) is 0 Å². The van der Waals surface area contributed by atoms with Crippen molar-refractivity contribution in [3.05, 3.63) is 36.8 Å². The maximum Gasteiger partial charge on any atom is 0.0948 e. The first-order valence-corrected chi connectivity index (χ1v) is 4.93. The molecule has 78 valence electrons. The average Bonchev–Trinajstić information content (AvgIpc) is 2.64. The molecule has 2 rings (SSSR count). The van der Waals surface area contributed by atoms with Gasteiger partial charge < -0.3 is 9.47 Å². The molecule has 0 amide bonds. The van der Waals surface area contributed by atoms with Gasteiger partial charge in [-0.3, -0.25) is 0 Å². The molecule has 1 aromatic carbocycles. The largest absolute Gasteiger partial charge is 0.377 e.